The molecule has 1 N–H and O–H groups in total. The van der Waals surface area contributed by atoms with Gasteiger partial charge in [0.05, 0.1) is 5.03 Å². The Morgan fingerprint density at radius 3 is 2.36 bits per heavy atom. The van der Waals surface area contributed by atoms with Crippen LogP contribution in [0.5, 0.6) is 0 Å². The first kappa shape index (κ1) is 13.2. The van der Waals surface area contributed by atoms with Crippen molar-refractivity contribution in [1.29, 1.82) is 0 Å². The zero-order valence-corrected chi connectivity index (χ0v) is 12.7. The third kappa shape index (κ3) is 2.40. The van der Waals surface area contributed by atoms with E-state index < -0.39 is 0 Å². The number of rotatable bonds is 3. The van der Waals surface area contributed by atoms with E-state index in [1.807, 2.05) is 30.5 Å². The molecule has 2 aromatic heterocycles. The summed E-state index contributed by atoms with van der Waals surface area (Å²) in [6, 6.07) is 24.9. The van der Waals surface area contributed by atoms with Gasteiger partial charge >= 0.3 is 0 Å². The largest absolute Gasteiger partial charge is 0.349 e. The monoisotopic (exact) mass is 302 g/mol. The molecule has 0 bridgehead atoms. The van der Waals surface area contributed by atoms with Gasteiger partial charge in [-0.1, -0.05) is 66.4 Å². The van der Waals surface area contributed by atoms with Crippen LogP contribution in [-0.4, -0.2) is 9.97 Å². The van der Waals surface area contributed by atoms with Gasteiger partial charge in [-0.05, 0) is 23.8 Å². The van der Waals surface area contributed by atoms with Crippen LogP contribution in [0.25, 0.3) is 22.0 Å². The van der Waals surface area contributed by atoms with E-state index in [9.17, 15) is 0 Å². The molecule has 0 spiro atoms. The fraction of sp³-hybridized carbons (Fsp3) is 0. The van der Waals surface area contributed by atoms with Gasteiger partial charge in [-0.15, -0.1) is 0 Å². The molecule has 0 aliphatic rings. The molecule has 0 saturated carbocycles. The van der Waals surface area contributed by atoms with Crippen LogP contribution in [0.3, 0.4) is 0 Å². The molecule has 0 atom stereocenters. The average molecular weight is 302 g/mol. The molecule has 0 unspecified atom stereocenters. The number of H-pyrrole nitrogens is 1. The minimum absolute atomic E-state index is 0.992. The normalized spacial score (nSPS) is 10.9. The van der Waals surface area contributed by atoms with Crippen LogP contribution in [0.2, 0.25) is 0 Å². The SMILES string of the molecule is c1ccc(-c2c(Sc3ccccn3)[nH]c3ccccc23)cc1. The number of hydrogen-bond acceptors (Lipinski definition) is 2. The van der Waals surface area contributed by atoms with Crippen molar-refractivity contribution in [1.82, 2.24) is 9.97 Å². The first-order valence-corrected chi connectivity index (χ1v) is 7.98. The molecule has 2 nitrogen and oxygen atoms in total. The van der Waals surface area contributed by atoms with E-state index in [1.165, 1.54) is 16.5 Å². The van der Waals surface area contributed by atoms with Crippen LogP contribution < -0.4 is 0 Å². The zero-order chi connectivity index (χ0) is 14.8. The lowest BCUT2D eigenvalue weighted by Gasteiger charge is -2.04. The van der Waals surface area contributed by atoms with Gasteiger partial charge in [0.25, 0.3) is 0 Å². The molecule has 0 aliphatic carbocycles. The third-order valence-corrected chi connectivity index (χ3v) is 4.54. The van der Waals surface area contributed by atoms with Gasteiger partial charge in [0.1, 0.15) is 5.03 Å². The summed E-state index contributed by atoms with van der Waals surface area (Å²) in [5.41, 5.74) is 3.62. The Hall–Kier alpha value is -2.52. The predicted molar refractivity (Wildman–Crippen MR) is 92.1 cm³/mol. The summed E-state index contributed by atoms with van der Waals surface area (Å²) in [4.78, 5) is 7.96. The summed E-state index contributed by atoms with van der Waals surface area (Å²) in [6.45, 7) is 0. The van der Waals surface area contributed by atoms with E-state index in [0.29, 0.717) is 0 Å². The van der Waals surface area contributed by atoms with Crippen molar-refractivity contribution in [2.24, 2.45) is 0 Å². The van der Waals surface area contributed by atoms with E-state index in [4.69, 9.17) is 0 Å². The Labute approximate surface area is 133 Å². The number of aromatic amines is 1. The van der Waals surface area contributed by atoms with Crippen molar-refractivity contribution < 1.29 is 0 Å². The van der Waals surface area contributed by atoms with Crippen LogP contribution in [-0.2, 0) is 0 Å². The molecule has 0 amide bonds. The summed E-state index contributed by atoms with van der Waals surface area (Å²) in [6.07, 6.45) is 1.83. The Kier molecular flexibility index (Phi) is 3.41. The van der Waals surface area contributed by atoms with Crippen LogP contribution in [0, 0.1) is 0 Å². The van der Waals surface area contributed by atoms with Crippen molar-refractivity contribution in [2.75, 3.05) is 0 Å². The molecule has 0 saturated heterocycles. The molecule has 106 valence electrons. The van der Waals surface area contributed by atoms with E-state index in [2.05, 4.69) is 58.5 Å². The first-order valence-electron chi connectivity index (χ1n) is 7.17. The summed E-state index contributed by atoms with van der Waals surface area (Å²) >= 11 is 1.67. The highest BCUT2D eigenvalue weighted by molar-refractivity contribution is 7.99. The van der Waals surface area contributed by atoms with Gasteiger partial charge in [0.15, 0.2) is 0 Å². The smallest absolute Gasteiger partial charge is 0.102 e. The molecular weight excluding hydrogens is 288 g/mol. The zero-order valence-electron chi connectivity index (χ0n) is 11.9. The highest BCUT2D eigenvalue weighted by atomic mass is 32.2. The number of aromatic nitrogens is 2. The highest BCUT2D eigenvalue weighted by Gasteiger charge is 2.14. The van der Waals surface area contributed by atoms with Crippen molar-refractivity contribution >= 4 is 22.7 Å². The van der Waals surface area contributed by atoms with E-state index in [0.717, 1.165) is 15.6 Å². The molecule has 0 fully saturated rings. The molecular formula is C19H14N2S. The fourth-order valence-electron chi connectivity index (χ4n) is 2.60. The van der Waals surface area contributed by atoms with Crippen LogP contribution >= 0.6 is 11.8 Å². The van der Waals surface area contributed by atoms with Crippen molar-refractivity contribution in [3.63, 3.8) is 0 Å². The Morgan fingerprint density at radius 1 is 0.773 bits per heavy atom. The van der Waals surface area contributed by atoms with Gasteiger partial charge < -0.3 is 4.98 Å². The molecule has 4 rings (SSSR count). The molecule has 3 heteroatoms. The van der Waals surface area contributed by atoms with Gasteiger partial charge in [-0.2, -0.15) is 0 Å². The number of para-hydroxylation sites is 1. The van der Waals surface area contributed by atoms with Crippen LogP contribution in [0.1, 0.15) is 0 Å². The fourth-order valence-corrected chi connectivity index (χ4v) is 3.56. The average Bonchev–Trinajstić information content (AvgIpc) is 2.94. The van der Waals surface area contributed by atoms with Crippen molar-refractivity contribution in [3.8, 4) is 11.1 Å². The maximum atomic E-state index is 4.42. The minimum atomic E-state index is 0.992. The molecule has 2 heterocycles. The van der Waals surface area contributed by atoms with Gasteiger partial charge in [0, 0.05) is 22.7 Å². The van der Waals surface area contributed by atoms with Crippen LogP contribution in [0.15, 0.2) is 89.0 Å². The summed E-state index contributed by atoms with van der Waals surface area (Å²) in [5.74, 6) is 0. The predicted octanol–water partition coefficient (Wildman–Crippen LogP) is 5.38. The second-order valence-corrected chi connectivity index (χ2v) is 6.04. The lowest BCUT2D eigenvalue weighted by molar-refractivity contribution is 1.12. The van der Waals surface area contributed by atoms with E-state index in [1.54, 1.807) is 11.8 Å². The summed E-state index contributed by atoms with van der Waals surface area (Å²) in [7, 11) is 0. The van der Waals surface area contributed by atoms with Gasteiger partial charge in [0.2, 0.25) is 0 Å². The second kappa shape index (κ2) is 5.70. The maximum Gasteiger partial charge on any atom is 0.102 e. The van der Waals surface area contributed by atoms with Crippen LogP contribution in [0.4, 0.5) is 0 Å². The Balaban J connectivity index is 1.90. The van der Waals surface area contributed by atoms with Gasteiger partial charge in [-0.25, -0.2) is 4.98 Å². The molecule has 2 aromatic carbocycles. The molecule has 4 aromatic rings. The lowest BCUT2D eigenvalue weighted by Crippen LogP contribution is -1.81. The Bertz CT molecular complexity index is 899. The number of fused-ring (bicyclic) bond motifs is 1. The summed E-state index contributed by atoms with van der Waals surface area (Å²) in [5, 5.41) is 3.37. The topological polar surface area (TPSA) is 28.7 Å². The first-order chi connectivity index (χ1) is 10.9. The number of pyridine rings is 1. The second-order valence-electron chi connectivity index (χ2n) is 5.01. The van der Waals surface area contributed by atoms with Crippen molar-refractivity contribution in [2.45, 2.75) is 10.1 Å². The van der Waals surface area contributed by atoms with E-state index >= 15 is 0 Å². The lowest BCUT2D eigenvalue weighted by atomic mass is 10.1. The molecule has 22 heavy (non-hydrogen) atoms. The number of nitrogens with zero attached hydrogens (tertiary/aromatic N) is 1. The third-order valence-electron chi connectivity index (χ3n) is 3.58. The van der Waals surface area contributed by atoms with E-state index in [-0.39, 0.29) is 0 Å². The number of nitrogens with one attached hydrogen (secondary N) is 1. The highest BCUT2D eigenvalue weighted by Crippen LogP contribution is 2.39. The molecule has 0 aliphatic heterocycles. The Morgan fingerprint density at radius 2 is 1.55 bits per heavy atom. The summed E-state index contributed by atoms with van der Waals surface area (Å²) < 4.78 is 0. The van der Waals surface area contributed by atoms with Gasteiger partial charge in [-0.3, -0.25) is 0 Å². The number of benzene rings is 2. The van der Waals surface area contributed by atoms with Crippen molar-refractivity contribution in [3.05, 3.63) is 79.0 Å². The number of hydrogen-bond donors (Lipinski definition) is 1. The molecule has 0 radical (unpaired) electrons. The standard InChI is InChI=1S/C19H14N2S/c1-2-8-14(9-3-1)18-15-10-4-5-11-16(15)21-19(18)22-17-12-6-7-13-20-17/h1-13,21H. The quantitative estimate of drug-likeness (QED) is 0.550. The minimum Gasteiger partial charge on any atom is -0.349 e. The maximum absolute atomic E-state index is 4.42.